The van der Waals surface area contributed by atoms with Crippen molar-refractivity contribution in [1.29, 1.82) is 0 Å². The maximum atomic E-state index is 12.2. The van der Waals surface area contributed by atoms with Crippen LogP contribution in [0.25, 0.3) is 0 Å². The molecule has 100 valence electrons. The molecule has 1 atom stereocenters. The van der Waals surface area contributed by atoms with Crippen molar-refractivity contribution in [1.82, 2.24) is 9.88 Å². The molecule has 0 saturated carbocycles. The van der Waals surface area contributed by atoms with Crippen molar-refractivity contribution in [2.24, 2.45) is 11.7 Å². The van der Waals surface area contributed by atoms with Crippen molar-refractivity contribution >= 4 is 5.91 Å². The maximum absolute atomic E-state index is 12.2. The Morgan fingerprint density at radius 3 is 2.89 bits per heavy atom. The quantitative estimate of drug-likeness (QED) is 0.891. The third-order valence-corrected chi connectivity index (χ3v) is 3.57. The summed E-state index contributed by atoms with van der Waals surface area (Å²) in [6.07, 6.45) is 4.29. The van der Waals surface area contributed by atoms with Crippen LogP contribution in [0, 0.1) is 5.92 Å². The number of hydrogen-bond donors (Lipinski definition) is 1. The predicted molar refractivity (Wildman–Crippen MR) is 68.0 cm³/mol. The van der Waals surface area contributed by atoms with Crippen LogP contribution in [0.1, 0.15) is 55.5 Å². The molecular formula is C13H21N3O2. The zero-order chi connectivity index (χ0) is 13.1. The van der Waals surface area contributed by atoms with E-state index < -0.39 is 0 Å². The lowest BCUT2D eigenvalue weighted by Crippen LogP contribution is -2.38. The molecule has 1 aromatic heterocycles. The minimum atomic E-state index is -0.229. The number of hydrogen-bond acceptors (Lipinski definition) is 4. The topological polar surface area (TPSA) is 72.4 Å². The number of carbonyl (C=O) groups excluding carboxylic acids is 1. The molecular weight excluding hydrogens is 230 g/mol. The number of nitrogens with zero attached hydrogens (tertiary/aromatic N) is 2. The fourth-order valence-electron chi connectivity index (χ4n) is 2.10. The zero-order valence-electron chi connectivity index (χ0n) is 11.1. The lowest BCUT2D eigenvalue weighted by atomic mass is 9.99. The van der Waals surface area contributed by atoms with Crippen molar-refractivity contribution in [2.45, 2.75) is 39.2 Å². The average molecular weight is 251 g/mol. The van der Waals surface area contributed by atoms with Crippen molar-refractivity contribution in [3.8, 4) is 0 Å². The lowest BCUT2D eigenvalue weighted by Gasteiger charge is -2.29. The third-order valence-electron chi connectivity index (χ3n) is 3.57. The molecule has 0 bridgehead atoms. The normalized spacial score (nSPS) is 18.9. The van der Waals surface area contributed by atoms with Crippen LogP contribution >= 0.6 is 0 Å². The van der Waals surface area contributed by atoms with E-state index >= 15 is 0 Å². The summed E-state index contributed by atoms with van der Waals surface area (Å²) in [6.45, 7) is 5.79. The summed E-state index contributed by atoms with van der Waals surface area (Å²) >= 11 is 0. The summed E-state index contributed by atoms with van der Waals surface area (Å²) in [7, 11) is 0. The molecule has 0 radical (unpaired) electrons. The van der Waals surface area contributed by atoms with Gasteiger partial charge in [0.05, 0.1) is 6.04 Å². The molecule has 2 N–H and O–H groups in total. The summed E-state index contributed by atoms with van der Waals surface area (Å²) in [5.74, 6) is 1.11. The van der Waals surface area contributed by atoms with E-state index in [9.17, 15) is 4.79 Å². The number of likely N-dealkylation sites (tertiary alicyclic amines) is 1. The highest BCUT2D eigenvalue weighted by atomic mass is 16.3. The molecule has 1 saturated heterocycles. The molecule has 5 heteroatoms. The van der Waals surface area contributed by atoms with Gasteiger partial charge in [0.15, 0.2) is 5.69 Å². The highest BCUT2D eigenvalue weighted by Gasteiger charge is 2.24. The van der Waals surface area contributed by atoms with E-state index in [1.807, 2.05) is 11.8 Å². The number of rotatable bonds is 3. The third kappa shape index (κ3) is 2.72. The van der Waals surface area contributed by atoms with Gasteiger partial charge in [-0.15, -0.1) is 0 Å². The summed E-state index contributed by atoms with van der Waals surface area (Å²) in [6, 6.07) is -0.229. The minimum absolute atomic E-state index is 0.0415. The Labute approximate surface area is 107 Å². The highest BCUT2D eigenvalue weighted by Crippen LogP contribution is 2.19. The summed E-state index contributed by atoms with van der Waals surface area (Å²) < 4.78 is 5.27. The van der Waals surface area contributed by atoms with E-state index in [1.165, 1.54) is 6.26 Å². The van der Waals surface area contributed by atoms with Crippen LogP contribution in [0.3, 0.4) is 0 Å². The number of piperidine rings is 1. The molecule has 2 rings (SSSR count). The first-order valence-corrected chi connectivity index (χ1v) is 6.62. The Hall–Kier alpha value is -1.36. The highest BCUT2D eigenvalue weighted by molar-refractivity contribution is 5.92. The van der Waals surface area contributed by atoms with Crippen molar-refractivity contribution < 1.29 is 9.21 Å². The van der Waals surface area contributed by atoms with Crippen molar-refractivity contribution in [3.05, 3.63) is 17.8 Å². The molecule has 1 aliphatic rings. The molecule has 1 unspecified atom stereocenters. The van der Waals surface area contributed by atoms with E-state index in [0.29, 0.717) is 17.5 Å². The van der Waals surface area contributed by atoms with E-state index in [2.05, 4.69) is 11.9 Å². The second-order valence-corrected chi connectivity index (χ2v) is 5.06. The molecule has 0 aromatic carbocycles. The molecule has 18 heavy (non-hydrogen) atoms. The van der Waals surface area contributed by atoms with Gasteiger partial charge in [-0.3, -0.25) is 4.79 Å². The van der Waals surface area contributed by atoms with Gasteiger partial charge in [-0.1, -0.05) is 13.8 Å². The second-order valence-electron chi connectivity index (χ2n) is 5.06. The standard InChI is InChI=1S/C13H21N3O2/c1-3-10(14)12-15-11(8-18-12)13(17)16-6-4-9(2)5-7-16/h8-10H,3-7,14H2,1-2H3. The number of amides is 1. The van der Waals surface area contributed by atoms with Crippen molar-refractivity contribution in [3.63, 3.8) is 0 Å². The van der Waals surface area contributed by atoms with Gasteiger partial charge >= 0.3 is 0 Å². The van der Waals surface area contributed by atoms with E-state index in [4.69, 9.17) is 10.2 Å². The molecule has 1 aromatic rings. The fraction of sp³-hybridized carbons (Fsp3) is 0.692. The van der Waals surface area contributed by atoms with E-state index in [-0.39, 0.29) is 11.9 Å². The molecule has 1 fully saturated rings. The Balaban J connectivity index is 2.02. The summed E-state index contributed by atoms with van der Waals surface area (Å²) in [5, 5.41) is 0. The van der Waals surface area contributed by atoms with Crippen LogP contribution in [-0.4, -0.2) is 28.9 Å². The Bertz CT molecular complexity index is 408. The first kappa shape index (κ1) is 13.1. The van der Waals surface area contributed by atoms with Gasteiger partial charge < -0.3 is 15.1 Å². The van der Waals surface area contributed by atoms with Gasteiger partial charge in [0.1, 0.15) is 6.26 Å². The van der Waals surface area contributed by atoms with Gasteiger partial charge in [0.25, 0.3) is 5.91 Å². The Kier molecular flexibility index (Phi) is 4.01. The van der Waals surface area contributed by atoms with E-state index in [1.54, 1.807) is 0 Å². The van der Waals surface area contributed by atoms with Gasteiger partial charge in [-0.05, 0) is 25.2 Å². The summed E-state index contributed by atoms with van der Waals surface area (Å²) in [5.41, 5.74) is 6.20. The molecule has 5 nitrogen and oxygen atoms in total. The molecule has 1 aliphatic heterocycles. The van der Waals surface area contributed by atoms with Crippen LogP contribution in [0.4, 0.5) is 0 Å². The average Bonchev–Trinajstić information content (AvgIpc) is 2.87. The zero-order valence-corrected chi connectivity index (χ0v) is 11.1. The number of nitrogens with two attached hydrogens (primary N) is 1. The minimum Gasteiger partial charge on any atom is -0.446 e. The molecule has 2 heterocycles. The molecule has 1 amide bonds. The second kappa shape index (κ2) is 5.52. The van der Waals surface area contributed by atoms with Gasteiger partial charge in [-0.2, -0.15) is 0 Å². The fourth-order valence-corrected chi connectivity index (χ4v) is 2.10. The number of carbonyl (C=O) groups is 1. The first-order valence-electron chi connectivity index (χ1n) is 6.62. The van der Waals surface area contributed by atoms with Gasteiger partial charge in [-0.25, -0.2) is 4.98 Å². The largest absolute Gasteiger partial charge is 0.446 e. The summed E-state index contributed by atoms with van der Waals surface area (Å²) in [4.78, 5) is 18.2. The first-order chi connectivity index (χ1) is 8.61. The smallest absolute Gasteiger partial charge is 0.275 e. The maximum Gasteiger partial charge on any atom is 0.275 e. The monoisotopic (exact) mass is 251 g/mol. The van der Waals surface area contributed by atoms with Crippen LogP contribution in [0.15, 0.2) is 10.7 Å². The van der Waals surface area contributed by atoms with Crippen LogP contribution < -0.4 is 5.73 Å². The van der Waals surface area contributed by atoms with Gasteiger partial charge in [0.2, 0.25) is 5.89 Å². The lowest BCUT2D eigenvalue weighted by molar-refractivity contribution is 0.0691. The van der Waals surface area contributed by atoms with Crippen LogP contribution in [-0.2, 0) is 0 Å². The Morgan fingerprint density at radius 1 is 1.61 bits per heavy atom. The van der Waals surface area contributed by atoms with Crippen molar-refractivity contribution in [2.75, 3.05) is 13.1 Å². The molecule has 0 aliphatic carbocycles. The van der Waals surface area contributed by atoms with Gasteiger partial charge in [0, 0.05) is 13.1 Å². The SMILES string of the molecule is CCC(N)c1nc(C(=O)N2CCC(C)CC2)co1. The van der Waals surface area contributed by atoms with Crippen LogP contribution in [0.2, 0.25) is 0 Å². The number of aromatic nitrogens is 1. The molecule has 0 spiro atoms. The Morgan fingerprint density at radius 2 is 2.28 bits per heavy atom. The number of oxazole rings is 1. The predicted octanol–water partition coefficient (Wildman–Crippen LogP) is 1.96. The van der Waals surface area contributed by atoms with Crippen LogP contribution in [0.5, 0.6) is 0 Å². The van der Waals surface area contributed by atoms with E-state index in [0.717, 1.165) is 32.4 Å².